The maximum Gasteiger partial charge on any atom is 0.307 e. The third kappa shape index (κ3) is 3.70. The predicted octanol–water partition coefficient (Wildman–Crippen LogP) is 0.770. The van der Waals surface area contributed by atoms with Crippen LogP contribution < -0.4 is 5.32 Å². The molecule has 5 heteroatoms. The summed E-state index contributed by atoms with van der Waals surface area (Å²) in [4.78, 5) is 18.0. The minimum atomic E-state index is 0.0309. The van der Waals surface area contributed by atoms with Crippen molar-refractivity contribution in [1.29, 1.82) is 0 Å². The van der Waals surface area contributed by atoms with Crippen molar-refractivity contribution in [3.05, 3.63) is 12.1 Å². The van der Waals surface area contributed by atoms with E-state index in [1.807, 2.05) is 5.98 Å². The van der Waals surface area contributed by atoms with Crippen LogP contribution in [0.3, 0.4) is 0 Å². The monoisotopic (exact) mass is 232 g/mol. The molecule has 1 fully saturated rings. The van der Waals surface area contributed by atoms with Crippen LogP contribution in [0.1, 0.15) is 26.7 Å². The molecule has 0 aromatic rings. The molecule has 4 nitrogen and oxygen atoms in total. The fraction of sp³-hybridized carbons (Fsp3) is 0.667. The first kappa shape index (κ1) is 12.4. The molecular weight excluding hydrogens is 213 g/mol. The molecule has 1 amide bonds. The summed E-state index contributed by atoms with van der Waals surface area (Å²) in [6, 6.07) is 0. The van der Waals surface area contributed by atoms with Gasteiger partial charge >= 0.3 is 7.41 Å². The lowest BCUT2D eigenvalue weighted by Crippen LogP contribution is -2.44. The van der Waals surface area contributed by atoms with E-state index >= 15 is 0 Å². The Morgan fingerprint density at radius 1 is 1.53 bits per heavy atom. The van der Waals surface area contributed by atoms with Crippen molar-refractivity contribution in [2.24, 2.45) is 10.3 Å². The van der Waals surface area contributed by atoms with Gasteiger partial charge in [0.05, 0.1) is 6.54 Å². The Bertz CT molecular complexity index is 353. The van der Waals surface area contributed by atoms with E-state index in [-0.39, 0.29) is 5.91 Å². The van der Waals surface area contributed by atoms with Gasteiger partial charge in [0.1, 0.15) is 5.84 Å². The largest absolute Gasteiger partial charge is 0.328 e. The summed E-state index contributed by atoms with van der Waals surface area (Å²) in [7, 11) is 1.68. The Balaban J connectivity index is 1.74. The van der Waals surface area contributed by atoms with Gasteiger partial charge in [0, 0.05) is 0 Å². The quantitative estimate of drug-likeness (QED) is 0.714. The van der Waals surface area contributed by atoms with Crippen LogP contribution in [0.25, 0.3) is 0 Å². The second-order valence-electron chi connectivity index (χ2n) is 5.51. The van der Waals surface area contributed by atoms with E-state index in [0.717, 1.165) is 25.9 Å². The average Bonchev–Trinajstić information content (AvgIpc) is 2.74. The van der Waals surface area contributed by atoms with E-state index < -0.39 is 0 Å². The zero-order valence-corrected chi connectivity index (χ0v) is 10.6. The molecule has 2 rings (SSSR count). The molecular formula is C12H19BN3O. The average molecular weight is 232 g/mol. The van der Waals surface area contributed by atoms with Gasteiger partial charge in [-0.25, -0.2) is 0 Å². The Labute approximate surface area is 103 Å². The number of rotatable bonds is 2. The maximum atomic E-state index is 11.7. The molecule has 1 saturated heterocycles. The summed E-state index contributed by atoms with van der Waals surface area (Å²) in [5.41, 5.74) is 0.431. The summed E-state index contributed by atoms with van der Waals surface area (Å²) >= 11 is 0. The Morgan fingerprint density at radius 2 is 2.24 bits per heavy atom. The van der Waals surface area contributed by atoms with Gasteiger partial charge in [0.15, 0.2) is 0 Å². The zero-order valence-electron chi connectivity index (χ0n) is 10.6. The number of nitrogens with zero attached hydrogens (tertiary/aromatic N) is 2. The van der Waals surface area contributed by atoms with Crippen molar-refractivity contribution in [2.45, 2.75) is 26.7 Å². The van der Waals surface area contributed by atoms with Crippen molar-refractivity contribution in [3.63, 3.8) is 0 Å². The van der Waals surface area contributed by atoms with E-state index in [2.05, 4.69) is 29.0 Å². The number of hydrogen-bond donors (Lipinski definition) is 1. The van der Waals surface area contributed by atoms with Crippen LogP contribution >= 0.6 is 0 Å². The summed E-state index contributed by atoms with van der Waals surface area (Å²) in [6.45, 7) is 7.07. The first-order chi connectivity index (χ1) is 8.05. The molecule has 0 bridgehead atoms. The fourth-order valence-corrected chi connectivity index (χ4v) is 2.08. The summed E-state index contributed by atoms with van der Waals surface area (Å²) in [5.74, 6) is 2.50. The maximum absolute atomic E-state index is 11.7. The minimum Gasteiger partial charge on any atom is -0.328 e. The molecule has 0 saturated carbocycles. The Kier molecular flexibility index (Phi) is 3.67. The van der Waals surface area contributed by atoms with Gasteiger partial charge in [-0.15, -0.1) is 0 Å². The van der Waals surface area contributed by atoms with E-state index in [9.17, 15) is 4.79 Å². The van der Waals surface area contributed by atoms with E-state index in [0.29, 0.717) is 17.8 Å². The molecule has 0 atom stereocenters. The fourth-order valence-electron chi connectivity index (χ4n) is 2.08. The van der Waals surface area contributed by atoms with Gasteiger partial charge in [-0.1, -0.05) is 19.8 Å². The molecule has 17 heavy (non-hydrogen) atoms. The lowest BCUT2D eigenvalue weighted by atomic mass is 9.83. The van der Waals surface area contributed by atoms with Crippen LogP contribution in [0.5, 0.6) is 0 Å². The molecule has 0 spiro atoms. The van der Waals surface area contributed by atoms with Crippen LogP contribution in [0.4, 0.5) is 0 Å². The highest BCUT2D eigenvalue weighted by atomic mass is 16.2. The van der Waals surface area contributed by atoms with Crippen LogP contribution in [0.2, 0.25) is 0 Å². The summed E-state index contributed by atoms with van der Waals surface area (Å²) in [5, 5.41) is 2.80. The van der Waals surface area contributed by atoms with Crippen LogP contribution in [0.15, 0.2) is 17.0 Å². The standard InChI is InChI=1S/C12H19BN3O/c1-12(2)4-7-16(8-5-12)9-11(17)14-10-3-6-13-15-10/h3,6H,4-5,7-9H2,1-2H3,(H,14,15,17). The molecule has 0 unspecified atom stereocenters. The highest BCUT2D eigenvalue weighted by Gasteiger charge is 2.26. The Hall–Kier alpha value is -1.10. The van der Waals surface area contributed by atoms with Gasteiger partial charge in [0.25, 0.3) is 0 Å². The first-order valence-electron chi connectivity index (χ1n) is 6.15. The Morgan fingerprint density at radius 3 is 2.82 bits per heavy atom. The van der Waals surface area contributed by atoms with E-state index in [4.69, 9.17) is 0 Å². The molecule has 0 aromatic heterocycles. The normalized spacial score (nSPS) is 23.1. The van der Waals surface area contributed by atoms with Crippen LogP contribution in [0, 0.1) is 5.41 Å². The third-order valence-corrected chi connectivity index (χ3v) is 3.40. The van der Waals surface area contributed by atoms with Gasteiger partial charge in [-0.2, -0.15) is 0 Å². The van der Waals surface area contributed by atoms with Crippen molar-refractivity contribution >= 4 is 19.2 Å². The van der Waals surface area contributed by atoms with E-state index in [1.165, 1.54) is 0 Å². The second-order valence-corrected chi connectivity index (χ2v) is 5.51. The van der Waals surface area contributed by atoms with E-state index in [1.54, 1.807) is 13.5 Å². The van der Waals surface area contributed by atoms with Gasteiger partial charge < -0.3 is 10.2 Å². The number of carbonyl (C=O) groups excluding carboxylic acids is 1. The molecule has 0 aromatic carbocycles. The SMILES string of the molecule is CC1(C)CCN(CC(=O)NC2=N[B]C=C2)CC1. The number of nitrogens with one attached hydrogen (secondary N) is 1. The number of hydrogen-bond acceptors (Lipinski definition) is 3. The highest BCUT2D eigenvalue weighted by molar-refractivity contribution is 6.46. The van der Waals surface area contributed by atoms with Crippen molar-refractivity contribution in [1.82, 2.24) is 10.2 Å². The number of carbonyl (C=O) groups is 1. The van der Waals surface area contributed by atoms with Gasteiger partial charge in [0.2, 0.25) is 5.91 Å². The molecule has 0 aliphatic carbocycles. The van der Waals surface area contributed by atoms with Crippen LogP contribution in [-0.4, -0.2) is 43.7 Å². The lowest BCUT2D eigenvalue weighted by Gasteiger charge is -2.36. The summed E-state index contributed by atoms with van der Waals surface area (Å²) < 4.78 is 0. The second kappa shape index (κ2) is 5.04. The smallest absolute Gasteiger partial charge is 0.307 e. The zero-order chi connectivity index (χ0) is 12.3. The molecule has 1 radical (unpaired) electrons. The van der Waals surface area contributed by atoms with Crippen molar-refractivity contribution in [3.8, 4) is 0 Å². The number of amides is 1. The minimum absolute atomic E-state index is 0.0309. The molecule has 2 aliphatic heterocycles. The molecule has 2 heterocycles. The first-order valence-corrected chi connectivity index (χ1v) is 6.15. The summed E-state index contributed by atoms with van der Waals surface area (Å²) in [6.07, 6.45) is 4.13. The molecule has 1 N–H and O–H groups in total. The lowest BCUT2D eigenvalue weighted by molar-refractivity contribution is -0.121. The van der Waals surface area contributed by atoms with Gasteiger partial charge in [-0.05, 0) is 37.4 Å². The molecule has 91 valence electrons. The third-order valence-electron chi connectivity index (χ3n) is 3.40. The van der Waals surface area contributed by atoms with Crippen LogP contribution in [-0.2, 0) is 4.79 Å². The topological polar surface area (TPSA) is 44.7 Å². The van der Waals surface area contributed by atoms with Crippen molar-refractivity contribution < 1.29 is 4.79 Å². The number of likely N-dealkylation sites (tertiary alicyclic amines) is 1. The predicted molar refractivity (Wildman–Crippen MR) is 69.9 cm³/mol. The number of piperidine rings is 1. The highest BCUT2D eigenvalue weighted by Crippen LogP contribution is 2.29. The number of amidine groups is 1. The van der Waals surface area contributed by atoms with Crippen molar-refractivity contribution in [2.75, 3.05) is 19.6 Å². The molecule has 2 aliphatic rings. The van der Waals surface area contributed by atoms with Gasteiger partial charge in [-0.3, -0.25) is 9.69 Å².